The molecule has 6 heteroatoms. The first-order valence-electron chi connectivity index (χ1n) is 5.95. The molecule has 1 N–H and O–H groups in total. The quantitative estimate of drug-likeness (QED) is 0.671. The third-order valence-corrected chi connectivity index (χ3v) is 3.19. The van der Waals surface area contributed by atoms with Crippen LogP contribution in [0.25, 0.3) is 0 Å². The number of hydrogen-bond acceptors (Lipinski definition) is 4. The van der Waals surface area contributed by atoms with Gasteiger partial charge in [-0.1, -0.05) is 17.5 Å². The Bertz CT molecular complexity index is 520. The summed E-state index contributed by atoms with van der Waals surface area (Å²) in [7, 11) is 0. The zero-order chi connectivity index (χ0) is 15.2. The molecule has 1 aromatic rings. The van der Waals surface area contributed by atoms with Gasteiger partial charge in [0.25, 0.3) is 5.91 Å². The Balaban J connectivity index is 2.72. The molecule has 0 saturated heterocycles. The van der Waals surface area contributed by atoms with Crippen molar-refractivity contribution in [2.24, 2.45) is 0 Å². The molecule has 0 bridgehead atoms. The zero-order valence-corrected chi connectivity index (χ0v) is 13.4. The van der Waals surface area contributed by atoms with E-state index >= 15 is 0 Å². The number of hydrogen-bond donors (Lipinski definition) is 1. The molecule has 1 heterocycles. The van der Waals surface area contributed by atoms with Crippen molar-refractivity contribution in [2.45, 2.75) is 31.7 Å². The average Bonchev–Trinajstić information content (AvgIpc) is 2.37. The Labute approximate surface area is 128 Å². The molecule has 1 aromatic heterocycles. The van der Waals surface area contributed by atoms with Crippen LogP contribution in [-0.4, -0.2) is 28.1 Å². The number of thioether (sulfide) groups is 1. The van der Waals surface area contributed by atoms with Crippen LogP contribution in [0, 0.1) is 11.8 Å². The fourth-order valence-corrected chi connectivity index (χ4v) is 2.04. The van der Waals surface area contributed by atoms with Crippen molar-refractivity contribution in [1.29, 1.82) is 0 Å². The smallest absolute Gasteiger partial charge is 0.272 e. The van der Waals surface area contributed by atoms with E-state index in [1.807, 2.05) is 13.8 Å². The second kappa shape index (κ2) is 7.41. The van der Waals surface area contributed by atoms with Crippen LogP contribution in [0.2, 0.25) is 5.02 Å². The number of pyridine rings is 1. The molecule has 4 nitrogen and oxygen atoms in total. The minimum atomic E-state index is -0.693. The molecular weight excluding hydrogens is 296 g/mol. The summed E-state index contributed by atoms with van der Waals surface area (Å²) >= 11 is 7.03. The van der Waals surface area contributed by atoms with Crippen molar-refractivity contribution >= 4 is 29.3 Å². The highest BCUT2D eigenvalue weighted by Gasteiger charge is 2.25. The topological polar surface area (TPSA) is 51.2 Å². The Kier molecular flexibility index (Phi) is 6.18. The minimum Gasteiger partial charge on any atom is -0.453 e. The average molecular weight is 313 g/mol. The molecule has 1 unspecified atom stereocenters. The SMILES string of the molecule is CC#CC(C)(C)NC(=O)C(Oc1ccc(Cl)cn1)SC. The summed E-state index contributed by atoms with van der Waals surface area (Å²) in [5.74, 6) is 5.81. The number of ether oxygens (including phenoxy) is 1. The third kappa shape index (κ3) is 5.32. The predicted molar refractivity (Wildman–Crippen MR) is 82.8 cm³/mol. The fourth-order valence-electron chi connectivity index (χ4n) is 1.46. The molecule has 0 fully saturated rings. The van der Waals surface area contributed by atoms with Gasteiger partial charge in [0, 0.05) is 12.3 Å². The lowest BCUT2D eigenvalue weighted by Gasteiger charge is -2.23. The van der Waals surface area contributed by atoms with Crippen LogP contribution in [0.1, 0.15) is 20.8 Å². The molecule has 1 amide bonds. The summed E-state index contributed by atoms with van der Waals surface area (Å²) in [4.78, 5) is 16.2. The summed E-state index contributed by atoms with van der Waals surface area (Å²) < 4.78 is 5.54. The fraction of sp³-hybridized carbons (Fsp3) is 0.429. The minimum absolute atomic E-state index is 0.248. The maximum Gasteiger partial charge on any atom is 0.272 e. The van der Waals surface area contributed by atoms with E-state index in [0.717, 1.165) is 0 Å². The third-order valence-electron chi connectivity index (χ3n) is 2.23. The van der Waals surface area contributed by atoms with E-state index in [9.17, 15) is 4.79 Å². The van der Waals surface area contributed by atoms with E-state index in [-0.39, 0.29) is 5.91 Å². The van der Waals surface area contributed by atoms with Gasteiger partial charge in [-0.05, 0) is 33.1 Å². The first kappa shape index (κ1) is 16.7. The van der Waals surface area contributed by atoms with Crippen LogP contribution in [0.15, 0.2) is 18.3 Å². The van der Waals surface area contributed by atoms with Crippen molar-refractivity contribution in [3.63, 3.8) is 0 Å². The number of amides is 1. The highest BCUT2D eigenvalue weighted by atomic mass is 35.5. The molecule has 0 saturated carbocycles. The Morgan fingerprint density at radius 1 is 1.55 bits per heavy atom. The highest BCUT2D eigenvalue weighted by molar-refractivity contribution is 7.99. The second-order valence-electron chi connectivity index (χ2n) is 4.49. The highest BCUT2D eigenvalue weighted by Crippen LogP contribution is 2.17. The van der Waals surface area contributed by atoms with E-state index in [1.54, 1.807) is 25.3 Å². The van der Waals surface area contributed by atoms with Gasteiger partial charge in [-0.25, -0.2) is 4.98 Å². The summed E-state index contributed by atoms with van der Waals surface area (Å²) in [6.45, 7) is 5.40. The van der Waals surface area contributed by atoms with Gasteiger partial charge in [0.1, 0.15) is 0 Å². The van der Waals surface area contributed by atoms with Crippen molar-refractivity contribution in [1.82, 2.24) is 10.3 Å². The second-order valence-corrected chi connectivity index (χ2v) is 5.83. The summed E-state index contributed by atoms with van der Waals surface area (Å²) in [6, 6.07) is 3.28. The Morgan fingerprint density at radius 2 is 2.25 bits per heavy atom. The molecule has 0 aliphatic heterocycles. The number of nitrogens with zero attached hydrogens (tertiary/aromatic N) is 1. The normalized spacial score (nSPS) is 12.1. The monoisotopic (exact) mass is 312 g/mol. The van der Waals surface area contributed by atoms with Gasteiger partial charge in [0.2, 0.25) is 11.3 Å². The zero-order valence-electron chi connectivity index (χ0n) is 11.9. The van der Waals surface area contributed by atoms with Gasteiger partial charge in [-0.2, -0.15) is 0 Å². The van der Waals surface area contributed by atoms with E-state index < -0.39 is 11.0 Å². The van der Waals surface area contributed by atoms with Crippen LogP contribution < -0.4 is 10.1 Å². The van der Waals surface area contributed by atoms with Crippen molar-refractivity contribution in [3.8, 4) is 17.7 Å². The molecular formula is C14H17ClN2O2S. The largest absolute Gasteiger partial charge is 0.453 e. The summed E-state index contributed by atoms with van der Waals surface area (Å²) in [6.07, 6.45) is 3.26. The van der Waals surface area contributed by atoms with Crippen molar-refractivity contribution in [3.05, 3.63) is 23.4 Å². The van der Waals surface area contributed by atoms with E-state index in [4.69, 9.17) is 16.3 Å². The number of carbonyl (C=O) groups is 1. The standard InChI is InChI=1S/C14H17ClN2O2S/c1-5-8-14(2,3)17-12(18)13(20-4)19-11-7-6-10(15)9-16-11/h6-7,9,13H,1-4H3,(H,17,18). The maximum absolute atomic E-state index is 12.2. The number of nitrogens with one attached hydrogen (secondary N) is 1. The molecule has 0 radical (unpaired) electrons. The van der Waals surface area contributed by atoms with Crippen LogP contribution in [0.5, 0.6) is 5.88 Å². The molecule has 108 valence electrons. The molecule has 1 rings (SSSR count). The first-order chi connectivity index (χ1) is 9.38. The molecule has 20 heavy (non-hydrogen) atoms. The van der Waals surface area contributed by atoms with E-state index in [1.165, 1.54) is 18.0 Å². The lowest BCUT2D eigenvalue weighted by atomic mass is 10.1. The maximum atomic E-state index is 12.2. The molecule has 0 aliphatic carbocycles. The Hall–Kier alpha value is -1.38. The van der Waals surface area contributed by atoms with Gasteiger partial charge in [-0.3, -0.25) is 4.79 Å². The number of aromatic nitrogens is 1. The lowest BCUT2D eigenvalue weighted by molar-refractivity contribution is -0.125. The van der Waals surface area contributed by atoms with E-state index in [2.05, 4.69) is 22.1 Å². The molecule has 0 spiro atoms. The number of rotatable bonds is 5. The van der Waals surface area contributed by atoms with Gasteiger partial charge in [0.05, 0.1) is 10.6 Å². The molecule has 0 aliphatic rings. The summed E-state index contributed by atoms with van der Waals surface area (Å²) in [5, 5.41) is 3.34. The van der Waals surface area contributed by atoms with Gasteiger partial charge in [0.15, 0.2) is 0 Å². The van der Waals surface area contributed by atoms with Crippen molar-refractivity contribution < 1.29 is 9.53 Å². The van der Waals surface area contributed by atoms with Gasteiger partial charge in [-0.15, -0.1) is 17.7 Å². The first-order valence-corrected chi connectivity index (χ1v) is 7.61. The Morgan fingerprint density at radius 3 is 2.75 bits per heavy atom. The summed E-state index contributed by atoms with van der Waals surface area (Å²) in [5.41, 5.74) is -1.29. The molecule has 1 atom stereocenters. The van der Waals surface area contributed by atoms with Crippen LogP contribution >= 0.6 is 23.4 Å². The van der Waals surface area contributed by atoms with E-state index in [0.29, 0.717) is 10.9 Å². The van der Waals surface area contributed by atoms with Gasteiger partial charge >= 0.3 is 0 Å². The number of carbonyl (C=O) groups excluding carboxylic acids is 1. The van der Waals surface area contributed by atoms with Crippen LogP contribution in [-0.2, 0) is 4.79 Å². The lowest BCUT2D eigenvalue weighted by Crippen LogP contribution is -2.47. The van der Waals surface area contributed by atoms with Crippen LogP contribution in [0.4, 0.5) is 0 Å². The van der Waals surface area contributed by atoms with Gasteiger partial charge < -0.3 is 10.1 Å². The predicted octanol–water partition coefficient (Wildman–Crippen LogP) is 2.72. The molecule has 0 aromatic carbocycles. The number of halogens is 1. The van der Waals surface area contributed by atoms with Crippen LogP contribution in [0.3, 0.4) is 0 Å². The van der Waals surface area contributed by atoms with Crippen molar-refractivity contribution in [2.75, 3.05) is 6.26 Å².